The molecule has 0 amide bonds. The molecule has 0 heterocycles. The van der Waals surface area contributed by atoms with Gasteiger partial charge in [0.05, 0.1) is 6.54 Å². The number of guanidine groups is 1. The number of ether oxygens (including phenoxy) is 1. The highest BCUT2D eigenvalue weighted by Gasteiger charge is 2.11. The molecule has 0 fully saturated rings. The van der Waals surface area contributed by atoms with Crippen molar-refractivity contribution in [2.24, 2.45) is 10.7 Å². The van der Waals surface area contributed by atoms with Crippen molar-refractivity contribution in [2.75, 3.05) is 6.54 Å². The number of rotatable bonds is 7. The number of nitrogens with two attached hydrogens (primary N) is 1. The molecule has 4 nitrogen and oxygen atoms in total. The minimum absolute atomic E-state index is 0.191. The molecule has 0 radical (unpaired) electrons. The highest BCUT2D eigenvalue weighted by Crippen LogP contribution is 2.18. The largest absolute Gasteiger partial charge is 0.485 e. The third-order valence-corrected chi connectivity index (χ3v) is 3.06. The lowest BCUT2D eigenvalue weighted by molar-refractivity contribution is 0.197. The summed E-state index contributed by atoms with van der Waals surface area (Å²) in [6.07, 6.45) is 1.51. The van der Waals surface area contributed by atoms with Gasteiger partial charge >= 0.3 is 0 Å². The average molecular weight is 281 g/mol. The molecule has 0 aromatic heterocycles. The molecule has 2 atom stereocenters. The summed E-state index contributed by atoms with van der Waals surface area (Å²) in [7, 11) is 0. The molecule has 0 aliphatic heterocycles. The van der Waals surface area contributed by atoms with Crippen LogP contribution in [0.2, 0.25) is 0 Å². The number of para-hydroxylation sites is 1. The molecule has 0 saturated carbocycles. The SMILES string of the molecule is CCC(C)NC(N)=NCC(CC)Oc1ccccc1F. The first-order valence-electron chi connectivity index (χ1n) is 7.04. The quantitative estimate of drug-likeness (QED) is 0.597. The predicted octanol–water partition coefficient (Wildman–Crippen LogP) is 2.69. The standard InChI is InChI=1S/C15H24FN3O/c1-4-11(3)19-15(17)18-10-12(5-2)20-14-9-7-6-8-13(14)16/h6-9,11-12H,4-5,10H2,1-3H3,(H3,17,18,19). The average Bonchev–Trinajstić information content (AvgIpc) is 2.45. The maximum Gasteiger partial charge on any atom is 0.188 e. The van der Waals surface area contributed by atoms with Crippen molar-refractivity contribution in [1.82, 2.24) is 5.32 Å². The molecule has 0 aliphatic carbocycles. The number of nitrogens with zero attached hydrogens (tertiary/aromatic N) is 1. The summed E-state index contributed by atoms with van der Waals surface area (Å²) in [5, 5.41) is 3.08. The van der Waals surface area contributed by atoms with Gasteiger partial charge in [-0.3, -0.25) is 0 Å². The van der Waals surface area contributed by atoms with Gasteiger partial charge in [0.25, 0.3) is 0 Å². The summed E-state index contributed by atoms with van der Waals surface area (Å²) < 4.78 is 19.1. The van der Waals surface area contributed by atoms with E-state index in [1.807, 2.05) is 13.8 Å². The first-order valence-corrected chi connectivity index (χ1v) is 7.04. The molecule has 1 rings (SSSR count). The van der Waals surface area contributed by atoms with Crippen molar-refractivity contribution in [1.29, 1.82) is 0 Å². The van der Waals surface area contributed by atoms with Gasteiger partial charge < -0.3 is 15.8 Å². The zero-order valence-electron chi connectivity index (χ0n) is 12.4. The summed E-state index contributed by atoms with van der Waals surface area (Å²) in [6.45, 7) is 6.48. The van der Waals surface area contributed by atoms with Crippen molar-refractivity contribution in [3.05, 3.63) is 30.1 Å². The molecule has 20 heavy (non-hydrogen) atoms. The van der Waals surface area contributed by atoms with E-state index in [2.05, 4.69) is 17.2 Å². The molecule has 0 bridgehead atoms. The number of benzene rings is 1. The van der Waals surface area contributed by atoms with Gasteiger partial charge in [0.1, 0.15) is 6.10 Å². The van der Waals surface area contributed by atoms with Crippen molar-refractivity contribution in [2.45, 2.75) is 45.8 Å². The second kappa shape index (κ2) is 8.40. The summed E-state index contributed by atoms with van der Waals surface area (Å²) >= 11 is 0. The van der Waals surface area contributed by atoms with E-state index in [0.29, 0.717) is 12.5 Å². The van der Waals surface area contributed by atoms with Gasteiger partial charge in [-0.2, -0.15) is 0 Å². The van der Waals surface area contributed by atoms with Crippen molar-refractivity contribution in [3.63, 3.8) is 0 Å². The van der Waals surface area contributed by atoms with Crippen LogP contribution in [-0.4, -0.2) is 24.7 Å². The van der Waals surface area contributed by atoms with Crippen LogP contribution < -0.4 is 15.8 Å². The Morgan fingerprint density at radius 3 is 2.65 bits per heavy atom. The highest BCUT2D eigenvalue weighted by atomic mass is 19.1. The Bertz CT molecular complexity index is 437. The smallest absolute Gasteiger partial charge is 0.188 e. The zero-order chi connectivity index (χ0) is 15.0. The van der Waals surface area contributed by atoms with Crippen molar-refractivity contribution < 1.29 is 9.13 Å². The van der Waals surface area contributed by atoms with Crippen LogP contribution in [0.4, 0.5) is 4.39 Å². The fourth-order valence-corrected chi connectivity index (χ4v) is 1.57. The molecule has 5 heteroatoms. The third kappa shape index (κ3) is 5.47. The Morgan fingerprint density at radius 2 is 2.05 bits per heavy atom. The van der Waals surface area contributed by atoms with E-state index in [-0.39, 0.29) is 23.7 Å². The fourth-order valence-electron chi connectivity index (χ4n) is 1.57. The maximum atomic E-state index is 13.5. The number of hydrogen-bond acceptors (Lipinski definition) is 2. The molecule has 0 aliphatic rings. The lowest BCUT2D eigenvalue weighted by Gasteiger charge is -2.17. The zero-order valence-corrected chi connectivity index (χ0v) is 12.4. The predicted molar refractivity (Wildman–Crippen MR) is 80.5 cm³/mol. The summed E-state index contributed by atoms with van der Waals surface area (Å²) in [5.41, 5.74) is 5.79. The van der Waals surface area contributed by atoms with Gasteiger partial charge in [-0.15, -0.1) is 0 Å². The third-order valence-electron chi connectivity index (χ3n) is 3.06. The molecular formula is C15H24FN3O. The summed E-state index contributed by atoms with van der Waals surface area (Å²) in [6, 6.07) is 6.65. The number of aliphatic imine (C=N–C) groups is 1. The number of hydrogen-bond donors (Lipinski definition) is 2. The van der Waals surface area contributed by atoms with Gasteiger partial charge in [-0.05, 0) is 31.9 Å². The molecule has 0 spiro atoms. The molecule has 2 unspecified atom stereocenters. The Morgan fingerprint density at radius 1 is 1.35 bits per heavy atom. The van der Waals surface area contributed by atoms with E-state index in [4.69, 9.17) is 10.5 Å². The second-order valence-corrected chi connectivity index (χ2v) is 4.76. The van der Waals surface area contributed by atoms with E-state index in [9.17, 15) is 4.39 Å². The van der Waals surface area contributed by atoms with Crippen LogP contribution in [0.15, 0.2) is 29.3 Å². The molecular weight excluding hydrogens is 257 g/mol. The van der Waals surface area contributed by atoms with Crippen molar-refractivity contribution in [3.8, 4) is 5.75 Å². The molecule has 112 valence electrons. The number of halogens is 1. The van der Waals surface area contributed by atoms with Crippen LogP contribution in [0.3, 0.4) is 0 Å². The minimum Gasteiger partial charge on any atom is -0.485 e. The summed E-state index contributed by atoms with van der Waals surface area (Å²) in [4.78, 5) is 4.24. The Balaban J connectivity index is 2.55. The monoisotopic (exact) mass is 281 g/mol. The van der Waals surface area contributed by atoms with E-state index in [1.165, 1.54) is 6.07 Å². The maximum absolute atomic E-state index is 13.5. The van der Waals surface area contributed by atoms with Crippen LogP contribution in [0.1, 0.15) is 33.6 Å². The summed E-state index contributed by atoms with van der Waals surface area (Å²) in [5.74, 6) is 0.290. The first kappa shape index (κ1) is 16.3. The van der Waals surface area contributed by atoms with Crippen LogP contribution in [0.25, 0.3) is 0 Å². The molecule has 1 aromatic carbocycles. The Kier molecular flexibility index (Phi) is 6.84. The van der Waals surface area contributed by atoms with E-state index in [0.717, 1.165) is 12.8 Å². The van der Waals surface area contributed by atoms with E-state index >= 15 is 0 Å². The van der Waals surface area contributed by atoms with E-state index in [1.54, 1.807) is 18.2 Å². The molecule has 1 aromatic rings. The number of nitrogens with one attached hydrogen (secondary N) is 1. The van der Waals surface area contributed by atoms with Gasteiger partial charge in [0.2, 0.25) is 0 Å². The Labute approximate surface area is 120 Å². The second-order valence-electron chi connectivity index (χ2n) is 4.76. The fraction of sp³-hybridized carbons (Fsp3) is 0.533. The Hall–Kier alpha value is -1.78. The van der Waals surface area contributed by atoms with Gasteiger partial charge in [-0.1, -0.05) is 26.0 Å². The van der Waals surface area contributed by atoms with Crippen molar-refractivity contribution >= 4 is 5.96 Å². The lowest BCUT2D eigenvalue weighted by atomic mass is 10.2. The highest BCUT2D eigenvalue weighted by molar-refractivity contribution is 5.78. The lowest BCUT2D eigenvalue weighted by Crippen LogP contribution is -2.38. The minimum atomic E-state index is -0.361. The molecule has 3 N–H and O–H groups in total. The van der Waals surface area contributed by atoms with Crippen LogP contribution >= 0.6 is 0 Å². The normalized spacial score (nSPS) is 14.7. The van der Waals surface area contributed by atoms with Gasteiger partial charge in [0.15, 0.2) is 17.5 Å². The van der Waals surface area contributed by atoms with Gasteiger partial charge in [-0.25, -0.2) is 9.38 Å². The van der Waals surface area contributed by atoms with Crippen LogP contribution in [0.5, 0.6) is 5.75 Å². The first-order chi connectivity index (χ1) is 9.56. The van der Waals surface area contributed by atoms with Gasteiger partial charge in [0, 0.05) is 6.04 Å². The topological polar surface area (TPSA) is 59.6 Å². The van der Waals surface area contributed by atoms with Crippen LogP contribution in [-0.2, 0) is 0 Å². The molecule has 0 saturated heterocycles. The van der Waals surface area contributed by atoms with Crippen LogP contribution in [0, 0.1) is 5.82 Å². The van der Waals surface area contributed by atoms with E-state index < -0.39 is 0 Å².